The Morgan fingerprint density at radius 1 is 1.21 bits per heavy atom. The zero-order valence-electron chi connectivity index (χ0n) is 11.9. The number of halogens is 1. The Kier molecular flexibility index (Phi) is 5.13. The van der Waals surface area contributed by atoms with Crippen LogP contribution in [0.15, 0.2) is 27.1 Å². The maximum atomic E-state index is 4.34. The highest BCUT2D eigenvalue weighted by Crippen LogP contribution is 2.36. The van der Waals surface area contributed by atoms with Crippen LogP contribution in [0.1, 0.15) is 44.2 Å². The Morgan fingerprint density at radius 2 is 1.84 bits per heavy atom. The molecule has 2 rings (SSSR count). The Hall–Kier alpha value is -0.280. The van der Waals surface area contributed by atoms with E-state index in [-0.39, 0.29) is 0 Å². The summed E-state index contributed by atoms with van der Waals surface area (Å²) in [4.78, 5) is 0. The largest absolute Gasteiger partial charge is 0.224 e. The number of hydrogen-bond acceptors (Lipinski definition) is 2. The molecule has 0 heterocycles. The molecule has 19 heavy (non-hydrogen) atoms. The highest BCUT2D eigenvalue weighted by atomic mass is 79.9. The van der Waals surface area contributed by atoms with Crippen molar-refractivity contribution in [2.75, 3.05) is 0 Å². The minimum Gasteiger partial charge on any atom is -0.224 e. The number of nitrogens with zero attached hydrogens (tertiary/aromatic N) is 1. The van der Waals surface area contributed by atoms with Gasteiger partial charge in [-0.25, -0.2) is 4.40 Å². The smallest absolute Gasteiger partial charge is 0.0590 e. The molecule has 1 aliphatic carbocycles. The molecule has 2 atom stereocenters. The molecule has 0 amide bonds. The molecule has 0 radical (unpaired) electrons. The molecule has 3 heteroatoms. The molecular formula is C16H22BrNS. The topological polar surface area (TPSA) is 12.4 Å². The average molecular weight is 340 g/mol. The summed E-state index contributed by atoms with van der Waals surface area (Å²) in [6.07, 6.45) is 3.80. The van der Waals surface area contributed by atoms with E-state index in [1.54, 1.807) is 0 Å². The number of hydrogen-bond donors (Lipinski definition) is 1. The molecule has 0 aliphatic heterocycles. The zero-order valence-corrected chi connectivity index (χ0v) is 14.3. The fourth-order valence-corrected chi connectivity index (χ4v) is 4.03. The third-order valence-corrected chi connectivity index (χ3v) is 4.86. The van der Waals surface area contributed by atoms with Gasteiger partial charge in [-0.1, -0.05) is 35.8 Å². The summed E-state index contributed by atoms with van der Waals surface area (Å²) in [5.41, 5.74) is 3.69. The second-order valence-electron chi connectivity index (χ2n) is 6.06. The van der Waals surface area contributed by atoms with E-state index in [9.17, 15) is 0 Å². The minimum atomic E-state index is 0.546. The number of thiol groups is 1. The van der Waals surface area contributed by atoms with Crippen molar-refractivity contribution in [2.45, 2.75) is 40.0 Å². The van der Waals surface area contributed by atoms with Crippen LogP contribution in [0.25, 0.3) is 0 Å². The quantitative estimate of drug-likeness (QED) is 0.542. The van der Waals surface area contributed by atoms with Gasteiger partial charge in [-0.3, -0.25) is 0 Å². The van der Waals surface area contributed by atoms with Crippen LogP contribution in [0, 0.1) is 24.7 Å². The van der Waals surface area contributed by atoms with Gasteiger partial charge >= 0.3 is 0 Å². The van der Waals surface area contributed by atoms with Crippen LogP contribution in [0.2, 0.25) is 0 Å². The molecule has 0 aromatic heterocycles. The normalized spacial score (nSPS) is 28.5. The lowest BCUT2D eigenvalue weighted by molar-refractivity contribution is 0.264. The van der Waals surface area contributed by atoms with E-state index >= 15 is 0 Å². The summed E-state index contributed by atoms with van der Waals surface area (Å²) in [5.74, 6) is 2.11. The summed E-state index contributed by atoms with van der Waals surface area (Å²) in [6, 6.07) is 6.41. The highest BCUT2D eigenvalue weighted by molar-refractivity contribution is 9.10. The zero-order chi connectivity index (χ0) is 14.0. The summed E-state index contributed by atoms with van der Waals surface area (Å²) >= 11 is 7.81. The number of benzene rings is 1. The summed E-state index contributed by atoms with van der Waals surface area (Å²) in [7, 11) is 0. The fraction of sp³-hybridized carbons (Fsp3) is 0.562. The van der Waals surface area contributed by atoms with Gasteiger partial charge in [0.15, 0.2) is 0 Å². The molecule has 1 aromatic rings. The van der Waals surface area contributed by atoms with Gasteiger partial charge in [0.2, 0.25) is 0 Å². The highest BCUT2D eigenvalue weighted by Gasteiger charge is 2.28. The second kappa shape index (κ2) is 6.45. The van der Waals surface area contributed by atoms with E-state index in [1.807, 2.05) is 0 Å². The van der Waals surface area contributed by atoms with Gasteiger partial charge in [0.1, 0.15) is 0 Å². The van der Waals surface area contributed by atoms with Crippen molar-refractivity contribution in [3.05, 3.63) is 33.8 Å². The van der Waals surface area contributed by atoms with E-state index in [2.05, 4.69) is 72.1 Å². The molecular weight excluding hydrogens is 318 g/mol. The van der Waals surface area contributed by atoms with Crippen molar-refractivity contribution in [3.63, 3.8) is 0 Å². The van der Waals surface area contributed by atoms with E-state index in [1.165, 1.54) is 36.1 Å². The maximum absolute atomic E-state index is 4.34. The number of rotatable bonds is 2. The van der Waals surface area contributed by atoms with Gasteiger partial charge in [0.05, 0.1) is 5.71 Å². The summed E-state index contributed by atoms with van der Waals surface area (Å²) < 4.78 is 5.45. The van der Waals surface area contributed by atoms with Crippen LogP contribution in [0.5, 0.6) is 0 Å². The molecule has 104 valence electrons. The maximum Gasteiger partial charge on any atom is 0.0590 e. The Bertz CT molecular complexity index is 474. The van der Waals surface area contributed by atoms with Gasteiger partial charge in [-0.05, 0) is 68.5 Å². The van der Waals surface area contributed by atoms with Crippen molar-refractivity contribution >= 4 is 34.5 Å². The third kappa shape index (κ3) is 3.63. The van der Waals surface area contributed by atoms with Gasteiger partial charge in [-0.2, -0.15) is 0 Å². The third-order valence-electron chi connectivity index (χ3n) is 4.15. The Labute approximate surface area is 130 Å². The van der Waals surface area contributed by atoms with Crippen molar-refractivity contribution in [1.29, 1.82) is 0 Å². The van der Waals surface area contributed by atoms with Crippen LogP contribution in [-0.2, 0) is 0 Å². The van der Waals surface area contributed by atoms with Gasteiger partial charge in [0.25, 0.3) is 0 Å². The first-order valence-corrected chi connectivity index (χ1v) is 8.19. The van der Waals surface area contributed by atoms with Crippen molar-refractivity contribution in [1.82, 2.24) is 0 Å². The average Bonchev–Trinajstić information content (AvgIpc) is 2.33. The predicted molar refractivity (Wildman–Crippen MR) is 90.1 cm³/mol. The molecule has 1 saturated carbocycles. The molecule has 0 N–H and O–H groups in total. The lowest BCUT2D eigenvalue weighted by atomic mass is 9.73. The van der Waals surface area contributed by atoms with Crippen LogP contribution >= 0.6 is 28.7 Å². The molecule has 2 unspecified atom stereocenters. The van der Waals surface area contributed by atoms with Crippen molar-refractivity contribution < 1.29 is 0 Å². The molecule has 1 nitrogen and oxygen atoms in total. The fourth-order valence-electron chi connectivity index (χ4n) is 3.40. The Balaban J connectivity index is 2.32. The molecule has 0 bridgehead atoms. The monoisotopic (exact) mass is 339 g/mol. The van der Waals surface area contributed by atoms with Crippen molar-refractivity contribution in [2.24, 2.45) is 22.2 Å². The predicted octanol–water partition coefficient (Wildman–Crippen LogP) is 5.46. The van der Waals surface area contributed by atoms with Gasteiger partial charge in [-0.15, -0.1) is 0 Å². The van der Waals surface area contributed by atoms with E-state index in [0.717, 1.165) is 16.3 Å². The van der Waals surface area contributed by atoms with Gasteiger partial charge < -0.3 is 0 Å². The molecule has 1 aliphatic rings. The van der Waals surface area contributed by atoms with Crippen LogP contribution < -0.4 is 0 Å². The Morgan fingerprint density at radius 3 is 2.42 bits per heavy atom. The molecule has 1 fully saturated rings. The first-order chi connectivity index (χ1) is 9.01. The van der Waals surface area contributed by atoms with E-state index in [0.29, 0.717) is 5.92 Å². The minimum absolute atomic E-state index is 0.546. The second-order valence-corrected chi connectivity index (χ2v) is 7.17. The van der Waals surface area contributed by atoms with E-state index < -0.39 is 0 Å². The van der Waals surface area contributed by atoms with Crippen LogP contribution in [0.3, 0.4) is 0 Å². The first-order valence-electron chi connectivity index (χ1n) is 6.99. The lowest BCUT2D eigenvalue weighted by Gasteiger charge is -2.32. The van der Waals surface area contributed by atoms with E-state index in [4.69, 9.17) is 0 Å². The molecule has 1 aromatic carbocycles. The summed E-state index contributed by atoms with van der Waals surface area (Å²) in [5, 5.41) is 0. The summed E-state index contributed by atoms with van der Waals surface area (Å²) in [6.45, 7) is 6.86. The SMILES string of the molecule is Cc1ccc(Br)cc1C(=NS)C1CC(C)CC(C)C1. The van der Waals surface area contributed by atoms with Crippen molar-refractivity contribution in [3.8, 4) is 0 Å². The molecule has 0 saturated heterocycles. The molecule has 0 spiro atoms. The van der Waals surface area contributed by atoms with Crippen LogP contribution in [-0.4, -0.2) is 5.71 Å². The lowest BCUT2D eigenvalue weighted by Crippen LogP contribution is -2.27. The standard InChI is InChI=1S/C16H22BrNS/c1-10-6-11(2)8-13(7-10)16(18-19)15-9-14(17)5-4-12(15)3/h4-5,9-11,13,19H,6-8H2,1-3H3. The van der Waals surface area contributed by atoms with Crippen LogP contribution in [0.4, 0.5) is 0 Å². The first kappa shape index (κ1) is 15.1. The van der Waals surface area contributed by atoms with Gasteiger partial charge in [0, 0.05) is 16.0 Å². The number of aryl methyl sites for hydroxylation is 1.